The molecule has 0 saturated carbocycles. The minimum absolute atomic E-state index is 0.0829. The fourth-order valence-electron chi connectivity index (χ4n) is 2.91. The lowest BCUT2D eigenvalue weighted by atomic mass is 9.78. The van der Waals surface area contributed by atoms with Crippen LogP contribution in [0.5, 0.6) is 5.75 Å². The Morgan fingerprint density at radius 1 is 1.44 bits per heavy atom. The molecule has 0 radical (unpaired) electrons. The number of para-hydroxylation sites is 1. The first-order valence-corrected chi connectivity index (χ1v) is 6.29. The van der Waals surface area contributed by atoms with Gasteiger partial charge in [-0.25, -0.2) is 0 Å². The maximum Gasteiger partial charge on any atom is 0.191 e. The number of rotatable bonds is 1. The second-order valence-electron chi connectivity index (χ2n) is 4.91. The highest BCUT2D eigenvalue weighted by molar-refractivity contribution is 7.80. The Kier molecular flexibility index (Phi) is 2.35. The first-order chi connectivity index (χ1) is 8.51. The van der Waals surface area contributed by atoms with Gasteiger partial charge < -0.3 is 15.4 Å². The van der Waals surface area contributed by atoms with E-state index in [0.29, 0.717) is 5.11 Å². The van der Waals surface area contributed by atoms with Crippen LogP contribution in [0.25, 0.3) is 0 Å². The molecular weight excluding hydrogens is 248 g/mol. The molecule has 2 heterocycles. The van der Waals surface area contributed by atoms with Crippen LogP contribution in [0.2, 0.25) is 0 Å². The molecule has 1 aromatic carbocycles. The van der Waals surface area contributed by atoms with E-state index in [1.54, 1.807) is 6.92 Å². The van der Waals surface area contributed by atoms with Crippen molar-refractivity contribution in [1.82, 2.24) is 10.6 Å². The quantitative estimate of drug-likeness (QED) is 0.752. The van der Waals surface area contributed by atoms with Crippen LogP contribution < -0.4 is 15.4 Å². The molecule has 0 unspecified atom stereocenters. The van der Waals surface area contributed by atoms with E-state index in [1.165, 1.54) is 0 Å². The van der Waals surface area contributed by atoms with Crippen LogP contribution in [0.15, 0.2) is 24.3 Å². The molecule has 0 spiro atoms. The zero-order valence-electron chi connectivity index (χ0n) is 10.2. The number of hydrogen-bond acceptors (Lipinski definition) is 3. The highest BCUT2D eigenvalue weighted by Gasteiger charge is 2.53. The van der Waals surface area contributed by atoms with Crippen LogP contribution in [-0.2, 0) is 4.79 Å². The summed E-state index contributed by atoms with van der Waals surface area (Å²) in [6.07, 6.45) is 0. The number of nitrogens with one attached hydrogen (secondary N) is 2. The maximum absolute atomic E-state index is 11.9. The SMILES string of the molecule is CC(=O)[C@@H]1[C@@H]2NC(=S)N[C@]1(C)Oc1ccccc12. The summed E-state index contributed by atoms with van der Waals surface area (Å²) in [5, 5.41) is 6.78. The van der Waals surface area contributed by atoms with E-state index in [2.05, 4.69) is 10.6 Å². The number of ketones is 1. The van der Waals surface area contributed by atoms with Crippen LogP contribution >= 0.6 is 12.2 Å². The van der Waals surface area contributed by atoms with Gasteiger partial charge >= 0.3 is 0 Å². The van der Waals surface area contributed by atoms with Crippen molar-refractivity contribution in [2.24, 2.45) is 5.92 Å². The lowest BCUT2D eigenvalue weighted by Gasteiger charge is -2.50. The van der Waals surface area contributed by atoms with E-state index in [1.807, 2.05) is 31.2 Å². The van der Waals surface area contributed by atoms with Crippen molar-refractivity contribution in [3.8, 4) is 5.75 Å². The molecule has 2 bridgehead atoms. The predicted molar refractivity (Wildman–Crippen MR) is 71.3 cm³/mol. The molecule has 3 rings (SSSR count). The molecule has 2 N–H and O–H groups in total. The van der Waals surface area contributed by atoms with Gasteiger partial charge in [0.05, 0.1) is 6.04 Å². The molecule has 4 nitrogen and oxygen atoms in total. The number of benzene rings is 1. The Morgan fingerprint density at radius 3 is 2.89 bits per heavy atom. The average molecular weight is 262 g/mol. The van der Waals surface area contributed by atoms with Crippen molar-refractivity contribution in [1.29, 1.82) is 0 Å². The number of thiocarbonyl (C=S) groups is 1. The second-order valence-corrected chi connectivity index (χ2v) is 5.32. The van der Waals surface area contributed by atoms with Crippen LogP contribution in [0.1, 0.15) is 25.5 Å². The Morgan fingerprint density at radius 2 is 2.17 bits per heavy atom. The highest BCUT2D eigenvalue weighted by atomic mass is 32.1. The van der Waals surface area contributed by atoms with Crippen molar-refractivity contribution >= 4 is 23.1 Å². The van der Waals surface area contributed by atoms with Crippen molar-refractivity contribution in [2.45, 2.75) is 25.6 Å². The summed E-state index contributed by atoms with van der Waals surface area (Å²) in [5.41, 5.74) is 0.215. The van der Waals surface area contributed by atoms with Gasteiger partial charge in [0.1, 0.15) is 17.5 Å². The Bertz CT molecular complexity index is 546. The molecule has 3 atom stereocenters. The fraction of sp³-hybridized carbons (Fsp3) is 0.385. The molecule has 2 aliphatic heterocycles. The summed E-state index contributed by atoms with van der Waals surface area (Å²) in [6.45, 7) is 3.46. The number of carbonyl (C=O) groups excluding carboxylic acids is 1. The van der Waals surface area contributed by atoms with Crippen LogP contribution in [-0.4, -0.2) is 16.6 Å². The number of Topliss-reactive ketones (excluding diaryl/α,β-unsaturated/α-hetero) is 1. The molecule has 1 fully saturated rings. The average Bonchev–Trinajstić information content (AvgIpc) is 2.26. The van der Waals surface area contributed by atoms with E-state index >= 15 is 0 Å². The van der Waals surface area contributed by atoms with E-state index in [9.17, 15) is 4.79 Å². The van der Waals surface area contributed by atoms with E-state index in [0.717, 1.165) is 11.3 Å². The van der Waals surface area contributed by atoms with Gasteiger partial charge in [-0.2, -0.15) is 0 Å². The van der Waals surface area contributed by atoms with Crippen molar-refractivity contribution in [3.05, 3.63) is 29.8 Å². The first kappa shape index (κ1) is 11.5. The fourth-order valence-corrected chi connectivity index (χ4v) is 3.24. The van der Waals surface area contributed by atoms with Crippen LogP contribution in [0.4, 0.5) is 0 Å². The van der Waals surface area contributed by atoms with Crippen LogP contribution in [0, 0.1) is 5.92 Å². The number of carbonyl (C=O) groups is 1. The minimum atomic E-state index is -0.771. The zero-order chi connectivity index (χ0) is 12.9. The Labute approximate surface area is 111 Å². The van der Waals surface area contributed by atoms with E-state index in [4.69, 9.17) is 17.0 Å². The summed E-state index contributed by atoms with van der Waals surface area (Å²) in [7, 11) is 0. The van der Waals surface area contributed by atoms with Gasteiger partial charge in [0.15, 0.2) is 10.8 Å². The van der Waals surface area contributed by atoms with Crippen molar-refractivity contribution in [3.63, 3.8) is 0 Å². The summed E-state index contributed by atoms with van der Waals surface area (Å²) in [6, 6.07) is 7.62. The van der Waals surface area contributed by atoms with E-state index in [-0.39, 0.29) is 17.7 Å². The summed E-state index contributed by atoms with van der Waals surface area (Å²) >= 11 is 5.19. The molecule has 2 aliphatic rings. The molecular formula is C13H14N2O2S. The maximum atomic E-state index is 11.9. The second kappa shape index (κ2) is 3.68. The topological polar surface area (TPSA) is 50.4 Å². The van der Waals surface area contributed by atoms with Gasteiger partial charge in [0, 0.05) is 5.56 Å². The van der Waals surface area contributed by atoms with Gasteiger partial charge in [-0.05, 0) is 32.1 Å². The summed E-state index contributed by atoms with van der Waals surface area (Å²) < 4.78 is 5.98. The third kappa shape index (κ3) is 1.50. The molecule has 0 aromatic heterocycles. The minimum Gasteiger partial charge on any atom is -0.467 e. The molecule has 18 heavy (non-hydrogen) atoms. The number of ether oxygens (including phenoxy) is 1. The van der Waals surface area contributed by atoms with Gasteiger partial charge in [0.2, 0.25) is 0 Å². The third-order valence-electron chi connectivity index (χ3n) is 3.59. The smallest absolute Gasteiger partial charge is 0.191 e. The molecule has 94 valence electrons. The van der Waals surface area contributed by atoms with Crippen LogP contribution in [0.3, 0.4) is 0 Å². The molecule has 0 aliphatic carbocycles. The molecule has 5 heteroatoms. The monoisotopic (exact) mass is 262 g/mol. The Hall–Kier alpha value is -1.62. The Balaban J connectivity index is 2.17. The largest absolute Gasteiger partial charge is 0.467 e. The van der Waals surface area contributed by atoms with Gasteiger partial charge in [-0.15, -0.1) is 0 Å². The standard InChI is InChI=1S/C13H14N2O2S/c1-7(16)10-11-8-5-3-4-6-9(8)17-13(10,2)15-12(18)14-11/h3-6,10-11H,1-2H3,(H2,14,15,18)/t10-,11-,13-/m1/s1. The van der Waals surface area contributed by atoms with Gasteiger partial charge in [-0.1, -0.05) is 18.2 Å². The van der Waals surface area contributed by atoms with Gasteiger partial charge in [0.25, 0.3) is 0 Å². The lowest BCUT2D eigenvalue weighted by molar-refractivity contribution is -0.133. The zero-order valence-corrected chi connectivity index (χ0v) is 11.0. The van der Waals surface area contributed by atoms with Gasteiger partial charge in [-0.3, -0.25) is 4.79 Å². The normalized spacial score (nSPS) is 32.7. The molecule has 1 saturated heterocycles. The molecule has 0 amide bonds. The third-order valence-corrected chi connectivity index (χ3v) is 3.81. The summed E-state index contributed by atoms with van der Waals surface area (Å²) in [5.74, 6) is 0.587. The van der Waals surface area contributed by atoms with Crippen molar-refractivity contribution < 1.29 is 9.53 Å². The van der Waals surface area contributed by atoms with Crippen molar-refractivity contribution in [2.75, 3.05) is 0 Å². The first-order valence-electron chi connectivity index (χ1n) is 5.88. The number of fused-ring (bicyclic) bond motifs is 4. The lowest BCUT2D eigenvalue weighted by Crippen LogP contribution is -2.69. The van der Waals surface area contributed by atoms with E-state index < -0.39 is 5.72 Å². The summed E-state index contributed by atoms with van der Waals surface area (Å²) in [4.78, 5) is 11.9. The highest BCUT2D eigenvalue weighted by Crippen LogP contribution is 2.44. The predicted octanol–water partition coefficient (Wildman–Crippen LogP) is 1.52. The molecule has 1 aromatic rings. The number of hydrogen-bond donors (Lipinski definition) is 2.